The molecule has 0 aliphatic carbocycles. The number of hydrogen-bond donors (Lipinski definition) is 8. The predicted molar refractivity (Wildman–Crippen MR) is 339 cm³/mol. The first-order valence-electron chi connectivity index (χ1n) is 34.5. The fourth-order valence-electron chi connectivity index (χ4n) is 11.0. The number of hydrogen-bond acceptors (Lipinski definition) is 10. The maximum Gasteiger partial charge on any atom is 0.249 e. The molecule has 0 saturated carbocycles. The van der Waals surface area contributed by atoms with Crippen LogP contribution in [0.25, 0.3) is 0 Å². The zero-order valence-corrected chi connectivity index (χ0v) is 52.5. The van der Waals surface area contributed by atoms with Crippen molar-refractivity contribution >= 4 is 5.91 Å². The maximum absolute atomic E-state index is 13.2. The number of allylic oxidation sites excluding steroid dienone is 8. The maximum atomic E-state index is 13.2. The van der Waals surface area contributed by atoms with Crippen molar-refractivity contribution < 1.29 is 50.0 Å². The van der Waals surface area contributed by atoms with Crippen molar-refractivity contribution in [3.05, 3.63) is 48.6 Å². The number of ether oxygens (including phenoxy) is 2. The molecule has 0 aromatic heterocycles. The van der Waals surface area contributed by atoms with Gasteiger partial charge in [-0.3, -0.25) is 4.79 Å². The Labute approximate surface area is 498 Å². The molecule has 0 bridgehead atoms. The standard InChI is InChI=1S/C70H131NO10/c1-3-5-7-9-11-13-15-17-19-21-23-25-27-29-31-32-34-35-37-39-41-43-45-47-49-51-53-55-57-62(73)65(75)61(60-80-70-68(78)67(77)66(76)64(59-72)81-70)71-69(79)63(74)58-56-54-52-50-48-46-44-42-40-38-36-33-30-28-26-24-22-20-18-16-14-12-10-8-6-4-2/h30,33-35,41,43,49,51,61-68,70,72-78H,3-29,31-32,36-40,42,44-48,50,52-60H2,1-2H3,(H,71,79)/b33-30-,35-34+,43-41+,51-49+. The lowest BCUT2D eigenvalue weighted by molar-refractivity contribution is -0.303. The van der Waals surface area contributed by atoms with Gasteiger partial charge in [0.15, 0.2) is 6.29 Å². The lowest BCUT2D eigenvalue weighted by Crippen LogP contribution is -2.60. The van der Waals surface area contributed by atoms with Crippen molar-refractivity contribution in [3.8, 4) is 0 Å². The summed E-state index contributed by atoms with van der Waals surface area (Å²) >= 11 is 0. The van der Waals surface area contributed by atoms with Crippen molar-refractivity contribution in [2.24, 2.45) is 0 Å². The number of aliphatic hydroxyl groups excluding tert-OH is 7. The molecule has 0 aromatic carbocycles. The van der Waals surface area contributed by atoms with Crippen LogP contribution in [0.5, 0.6) is 0 Å². The Kier molecular flexibility index (Phi) is 55.6. The third-order valence-corrected chi connectivity index (χ3v) is 16.6. The first-order chi connectivity index (χ1) is 39.7. The number of nitrogens with one attached hydrogen (secondary N) is 1. The summed E-state index contributed by atoms with van der Waals surface area (Å²) in [6.45, 7) is 3.48. The van der Waals surface area contributed by atoms with Gasteiger partial charge >= 0.3 is 0 Å². The zero-order valence-electron chi connectivity index (χ0n) is 52.5. The van der Waals surface area contributed by atoms with Crippen LogP contribution in [-0.2, 0) is 14.3 Å². The summed E-state index contributed by atoms with van der Waals surface area (Å²) in [5.41, 5.74) is 0. The van der Waals surface area contributed by atoms with Crippen LogP contribution in [0.3, 0.4) is 0 Å². The molecule has 1 fully saturated rings. The predicted octanol–water partition coefficient (Wildman–Crippen LogP) is 16.4. The lowest BCUT2D eigenvalue weighted by Gasteiger charge is -2.40. The molecule has 9 unspecified atom stereocenters. The first-order valence-corrected chi connectivity index (χ1v) is 34.5. The van der Waals surface area contributed by atoms with Gasteiger partial charge in [0.2, 0.25) is 5.91 Å². The van der Waals surface area contributed by atoms with E-state index in [4.69, 9.17) is 9.47 Å². The largest absolute Gasteiger partial charge is 0.394 e. The van der Waals surface area contributed by atoms with E-state index in [2.05, 4.69) is 67.8 Å². The third-order valence-electron chi connectivity index (χ3n) is 16.6. The molecule has 9 atom stereocenters. The van der Waals surface area contributed by atoms with Gasteiger partial charge in [0.1, 0.15) is 36.6 Å². The highest BCUT2D eigenvalue weighted by atomic mass is 16.7. The Morgan fingerprint density at radius 1 is 0.420 bits per heavy atom. The summed E-state index contributed by atoms with van der Waals surface area (Å²) in [4.78, 5) is 13.2. The van der Waals surface area contributed by atoms with Gasteiger partial charge < -0.3 is 50.5 Å². The Bertz CT molecular complexity index is 1460. The quantitative estimate of drug-likeness (QED) is 0.0215. The molecule has 1 aliphatic heterocycles. The minimum Gasteiger partial charge on any atom is -0.394 e. The summed E-state index contributed by atoms with van der Waals surface area (Å²) in [6.07, 6.45) is 64.8. The van der Waals surface area contributed by atoms with Crippen LogP contribution in [0.1, 0.15) is 322 Å². The topological polar surface area (TPSA) is 189 Å². The van der Waals surface area contributed by atoms with Gasteiger partial charge in [-0.05, 0) is 89.9 Å². The molecule has 0 spiro atoms. The molecule has 476 valence electrons. The van der Waals surface area contributed by atoms with Crippen LogP contribution in [-0.4, -0.2) is 110 Å². The Morgan fingerprint density at radius 3 is 1.10 bits per heavy atom. The van der Waals surface area contributed by atoms with E-state index >= 15 is 0 Å². The van der Waals surface area contributed by atoms with E-state index in [1.54, 1.807) is 0 Å². The van der Waals surface area contributed by atoms with Crippen LogP contribution in [0.2, 0.25) is 0 Å². The van der Waals surface area contributed by atoms with E-state index in [1.807, 2.05) is 0 Å². The lowest BCUT2D eigenvalue weighted by atomic mass is 9.98. The average molecular weight is 1150 g/mol. The second-order valence-electron chi connectivity index (χ2n) is 24.2. The van der Waals surface area contributed by atoms with Crippen LogP contribution >= 0.6 is 0 Å². The number of amides is 1. The van der Waals surface area contributed by atoms with E-state index in [-0.39, 0.29) is 12.8 Å². The molecule has 11 heteroatoms. The molecule has 8 N–H and O–H groups in total. The molecule has 1 heterocycles. The summed E-state index contributed by atoms with van der Waals surface area (Å²) in [6, 6.07) is -1.20. The van der Waals surface area contributed by atoms with Crippen molar-refractivity contribution in [3.63, 3.8) is 0 Å². The molecule has 0 radical (unpaired) electrons. The number of rotatable bonds is 60. The molecule has 1 amide bonds. The average Bonchev–Trinajstić information content (AvgIpc) is 3.49. The summed E-state index contributed by atoms with van der Waals surface area (Å²) in [5, 5.41) is 76.4. The van der Waals surface area contributed by atoms with E-state index in [0.29, 0.717) is 19.3 Å². The normalized spacial score (nSPS) is 19.4. The Morgan fingerprint density at radius 2 is 0.741 bits per heavy atom. The summed E-state index contributed by atoms with van der Waals surface area (Å²) in [7, 11) is 0. The number of carbonyl (C=O) groups is 1. The van der Waals surface area contributed by atoms with Gasteiger partial charge in [-0.15, -0.1) is 0 Å². The fourth-order valence-corrected chi connectivity index (χ4v) is 11.0. The second-order valence-corrected chi connectivity index (χ2v) is 24.2. The molecule has 11 nitrogen and oxygen atoms in total. The molecule has 1 saturated heterocycles. The zero-order chi connectivity index (χ0) is 58.9. The smallest absolute Gasteiger partial charge is 0.249 e. The first kappa shape index (κ1) is 77.1. The van der Waals surface area contributed by atoms with Crippen LogP contribution in [0, 0.1) is 0 Å². The van der Waals surface area contributed by atoms with Crippen LogP contribution < -0.4 is 5.32 Å². The minimum absolute atomic E-state index is 0.241. The Balaban J connectivity index is 2.26. The van der Waals surface area contributed by atoms with Gasteiger partial charge in [-0.1, -0.05) is 281 Å². The van der Waals surface area contributed by atoms with Gasteiger partial charge in [-0.25, -0.2) is 0 Å². The van der Waals surface area contributed by atoms with Gasteiger partial charge in [0.05, 0.1) is 25.4 Å². The SMILES string of the molecule is CCCCCCCCCCCCCC/C=C\CCCCCCCCCCCCC(O)C(=O)NC(COC1OC(CO)C(O)C(O)C1O)C(O)C(O)CCC/C=C/CC/C=C/CC/C=C/CCCCCCCCCCCCCCCCC. The molecule has 81 heavy (non-hydrogen) atoms. The molecule has 1 aliphatic rings. The van der Waals surface area contributed by atoms with Crippen LogP contribution in [0.15, 0.2) is 48.6 Å². The van der Waals surface area contributed by atoms with E-state index in [1.165, 1.54) is 231 Å². The number of unbranched alkanes of at least 4 members (excludes halogenated alkanes) is 40. The Hall–Kier alpha value is -1.93. The fraction of sp³-hybridized carbons (Fsp3) is 0.871. The highest BCUT2D eigenvalue weighted by Crippen LogP contribution is 2.24. The molecule has 0 aromatic rings. The highest BCUT2D eigenvalue weighted by molar-refractivity contribution is 5.80. The van der Waals surface area contributed by atoms with Crippen LogP contribution in [0.4, 0.5) is 0 Å². The summed E-state index contributed by atoms with van der Waals surface area (Å²) < 4.78 is 11.2. The molecular formula is C70H131NO10. The molecular weight excluding hydrogens is 1010 g/mol. The minimum atomic E-state index is -1.68. The second kappa shape index (κ2) is 58.5. The van der Waals surface area contributed by atoms with Gasteiger partial charge in [-0.2, -0.15) is 0 Å². The highest BCUT2D eigenvalue weighted by Gasteiger charge is 2.44. The summed E-state index contributed by atoms with van der Waals surface area (Å²) in [5.74, 6) is -0.710. The third kappa shape index (κ3) is 46.0. The van der Waals surface area contributed by atoms with Crippen molar-refractivity contribution in [2.75, 3.05) is 13.2 Å². The van der Waals surface area contributed by atoms with Crippen molar-refractivity contribution in [1.29, 1.82) is 0 Å². The monoisotopic (exact) mass is 1150 g/mol. The number of aliphatic hydroxyl groups is 7. The van der Waals surface area contributed by atoms with E-state index < -0.39 is 74.2 Å². The number of carbonyl (C=O) groups excluding carboxylic acids is 1. The van der Waals surface area contributed by atoms with Gasteiger partial charge in [0.25, 0.3) is 0 Å². The van der Waals surface area contributed by atoms with E-state index in [0.717, 1.165) is 44.9 Å². The van der Waals surface area contributed by atoms with Crippen molar-refractivity contribution in [2.45, 2.75) is 377 Å². The van der Waals surface area contributed by atoms with E-state index in [9.17, 15) is 40.5 Å². The molecule has 1 rings (SSSR count). The van der Waals surface area contributed by atoms with Crippen molar-refractivity contribution in [1.82, 2.24) is 5.32 Å². The van der Waals surface area contributed by atoms with Gasteiger partial charge in [0, 0.05) is 0 Å².